The summed E-state index contributed by atoms with van der Waals surface area (Å²) in [5, 5.41) is 0. The minimum atomic E-state index is 0.0850. The standard InChI is InChI=1S/C21H31N3O3/c1-22(13-16-8-12-27-15-16)20(25)18-3-2-9-24(14-18)19-6-10-23(11-7-19)21(26)17-4-5-17/h8,12,15,17-19H,2-7,9-11,13-14H2,1H3/t18-/m0/s1. The molecule has 1 aromatic rings. The van der Waals surface area contributed by atoms with E-state index in [0.29, 0.717) is 24.4 Å². The van der Waals surface area contributed by atoms with E-state index in [1.807, 2.05) is 18.0 Å². The maximum absolute atomic E-state index is 12.9. The number of carbonyl (C=O) groups excluding carboxylic acids is 2. The van der Waals surface area contributed by atoms with Crippen molar-refractivity contribution in [1.82, 2.24) is 14.7 Å². The van der Waals surface area contributed by atoms with Gasteiger partial charge in [0.05, 0.1) is 18.4 Å². The Hall–Kier alpha value is -1.82. The molecule has 4 rings (SSSR count). The van der Waals surface area contributed by atoms with Crippen LogP contribution in [-0.2, 0) is 16.1 Å². The predicted molar refractivity (Wildman–Crippen MR) is 102 cm³/mol. The molecule has 27 heavy (non-hydrogen) atoms. The summed E-state index contributed by atoms with van der Waals surface area (Å²) in [6.45, 7) is 4.31. The second-order valence-electron chi connectivity index (χ2n) is 8.49. The van der Waals surface area contributed by atoms with E-state index < -0.39 is 0 Å². The lowest BCUT2D eigenvalue weighted by Gasteiger charge is -2.42. The highest BCUT2D eigenvalue weighted by Gasteiger charge is 2.37. The second-order valence-corrected chi connectivity index (χ2v) is 8.49. The molecular formula is C21H31N3O3. The highest BCUT2D eigenvalue weighted by atomic mass is 16.3. The molecule has 0 aromatic carbocycles. The van der Waals surface area contributed by atoms with Crippen molar-refractivity contribution in [3.8, 4) is 0 Å². The van der Waals surface area contributed by atoms with Crippen molar-refractivity contribution in [2.24, 2.45) is 11.8 Å². The van der Waals surface area contributed by atoms with Crippen LogP contribution >= 0.6 is 0 Å². The largest absolute Gasteiger partial charge is 0.472 e. The summed E-state index contributed by atoms with van der Waals surface area (Å²) in [5.74, 6) is 1.02. The fraction of sp³-hybridized carbons (Fsp3) is 0.714. The van der Waals surface area contributed by atoms with E-state index in [9.17, 15) is 9.59 Å². The Morgan fingerprint density at radius 3 is 2.56 bits per heavy atom. The topological polar surface area (TPSA) is 57.0 Å². The quantitative estimate of drug-likeness (QED) is 0.795. The van der Waals surface area contributed by atoms with Crippen LogP contribution in [0.5, 0.6) is 0 Å². The molecule has 1 aromatic heterocycles. The molecule has 6 heteroatoms. The van der Waals surface area contributed by atoms with Crippen LogP contribution in [0, 0.1) is 11.8 Å². The molecule has 0 N–H and O–H groups in total. The van der Waals surface area contributed by atoms with Gasteiger partial charge < -0.3 is 14.2 Å². The van der Waals surface area contributed by atoms with E-state index in [1.165, 1.54) is 0 Å². The molecule has 3 heterocycles. The van der Waals surface area contributed by atoms with Crippen molar-refractivity contribution in [2.45, 2.75) is 51.1 Å². The van der Waals surface area contributed by atoms with Crippen LogP contribution in [0.15, 0.2) is 23.0 Å². The minimum absolute atomic E-state index is 0.0850. The van der Waals surface area contributed by atoms with Gasteiger partial charge in [-0.2, -0.15) is 0 Å². The van der Waals surface area contributed by atoms with E-state index >= 15 is 0 Å². The summed E-state index contributed by atoms with van der Waals surface area (Å²) in [4.78, 5) is 31.5. The summed E-state index contributed by atoms with van der Waals surface area (Å²) in [5.41, 5.74) is 1.03. The summed E-state index contributed by atoms with van der Waals surface area (Å²) in [6.07, 6.45) is 9.67. The highest BCUT2D eigenvalue weighted by Crippen LogP contribution is 2.32. The van der Waals surface area contributed by atoms with Crippen LogP contribution < -0.4 is 0 Å². The van der Waals surface area contributed by atoms with Gasteiger partial charge in [0, 0.05) is 50.7 Å². The zero-order chi connectivity index (χ0) is 18.8. The highest BCUT2D eigenvalue weighted by molar-refractivity contribution is 5.81. The number of amides is 2. The lowest BCUT2D eigenvalue weighted by molar-refractivity contribution is -0.137. The third-order valence-corrected chi connectivity index (χ3v) is 6.40. The van der Waals surface area contributed by atoms with Crippen molar-refractivity contribution >= 4 is 11.8 Å². The molecule has 2 saturated heterocycles. The Kier molecular flexibility index (Phi) is 5.53. The van der Waals surface area contributed by atoms with E-state index in [0.717, 1.165) is 70.3 Å². The molecule has 0 bridgehead atoms. The first-order valence-electron chi connectivity index (χ1n) is 10.4. The maximum atomic E-state index is 12.9. The molecule has 0 spiro atoms. The van der Waals surface area contributed by atoms with E-state index in [2.05, 4.69) is 9.80 Å². The fourth-order valence-electron chi connectivity index (χ4n) is 4.63. The van der Waals surface area contributed by atoms with Gasteiger partial charge in [0.15, 0.2) is 0 Å². The molecule has 3 aliphatic rings. The van der Waals surface area contributed by atoms with Gasteiger partial charge in [-0.25, -0.2) is 0 Å². The summed E-state index contributed by atoms with van der Waals surface area (Å²) < 4.78 is 5.11. The SMILES string of the molecule is CN(Cc1ccoc1)C(=O)[C@H]1CCCN(C2CCN(C(=O)C3CC3)CC2)C1. The minimum Gasteiger partial charge on any atom is -0.472 e. The fourth-order valence-corrected chi connectivity index (χ4v) is 4.63. The molecule has 3 fully saturated rings. The van der Waals surface area contributed by atoms with Crippen LogP contribution in [0.2, 0.25) is 0 Å². The predicted octanol–water partition coefficient (Wildman–Crippen LogP) is 2.35. The van der Waals surface area contributed by atoms with Crippen LogP contribution in [0.1, 0.15) is 44.1 Å². The third kappa shape index (κ3) is 4.37. The summed E-state index contributed by atoms with van der Waals surface area (Å²) in [6, 6.07) is 2.43. The molecular weight excluding hydrogens is 342 g/mol. The van der Waals surface area contributed by atoms with Gasteiger partial charge in [0.1, 0.15) is 0 Å². The number of likely N-dealkylation sites (tertiary alicyclic amines) is 2. The smallest absolute Gasteiger partial charge is 0.227 e. The molecule has 2 amide bonds. The molecule has 148 valence electrons. The number of hydrogen-bond acceptors (Lipinski definition) is 4. The van der Waals surface area contributed by atoms with Gasteiger partial charge >= 0.3 is 0 Å². The van der Waals surface area contributed by atoms with Crippen molar-refractivity contribution < 1.29 is 14.0 Å². The van der Waals surface area contributed by atoms with Crippen molar-refractivity contribution in [3.63, 3.8) is 0 Å². The van der Waals surface area contributed by atoms with Gasteiger partial charge in [-0.1, -0.05) is 0 Å². The van der Waals surface area contributed by atoms with Crippen LogP contribution in [0.4, 0.5) is 0 Å². The second kappa shape index (κ2) is 8.05. The van der Waals surface area contributed by atoms with Gasteiger partial charge in [0.2, 0.25) is 11.8 Å². The Morgan fingerprint density at radius 2 is 1.89 bits per heavy atom. The molecule has 1 atom stereocenters. The molecule has 0 radical (unpaired) electrons. The van der Waals surface area contributed by atoms with Crippen molar-refractivity contribution in [3.05, 3.63) is 24.2 Å². The van der Waals surface area contributed by atoms with Gasteiger partial charge in [-0.15, -0.1) is 0 Å². The van der Waals surface area contributed by atoms with Crippen LogP contribution in [0.25, 0.3) is 0 Å². The number of hydrogen-bond donors (Lipinski definition) is 0. The zero-order valence-electron chi connectivity index (χ0n) is 16.3. The van der Waals surface area contributed by atoms with Gasteiger partial charge in [-0.05, 0) is 51.1 Å². The lowest BCUT2D eigenvalue weighted by Crippen LogP contribution is -2.51. The Morgan fingerprint density at radius 1 is 1.11 bits per heavy atom. The normalized spacial score (nSPS) is 24.8. The van der Waals surface area contributed by atoms with E-state index in [-0.39, 0.29) is 11.8 Å². The molecule has 2 aliphatic heterocycles. The lowest BCUT2D eigenvalue weighted by atomic mass is 9.92. The van der Waals surface area contributed by atoms with E-state index in [1.54, 1.807) is 12.5 Å². The average Bonchev–Trinajstić information content (AvgIpc) is 3.44. The van der Waals surface area contributed by atoms with Gasteiger partial charge in [0.25, 0.3) is 0 Å². The van der Waals surface area contributed by atoms with E-state index in [4.69, 9.17) is 4.42 Å². The average molecular weight is 373 g/mol. The molecule has 0 unspecified atom stereocenters. The summed E-state index contributed by atoms with van der Waals surface area (Å²) in [7, 11) is 1.89. The maximum Gasteiger partial charge on any atom is 0.227 e. The Labute approximate surface area is 161 Å². The van der Waals surface area contributed by atoms with Gasteiger partial charge in [-0.3, -0.25) is 14.5 Å². The number of carbonyl (C=O) groups is 2. The van der Waals surface area contributed by atoms with Crippen molar-refractivity contribution in [2.75, 3.05) is 33.2 Å². The number of nitrogens with zero attached hydrogens (tertiary/aromatic N) is 3. The number of rotatable bonds is 5. The number of furan rings is 1. The molecule has 1 aliphatic carbocycles. The first-order valence-corrected chi connectivity index (χ1v) is 10.4. The Balaban J connectivity index is 1.27. The molecule has 6 nitrogen and oxygen atoms in total. The third-order valence-electron chi connectivity index (χ3n) is 6.40. The Bertz CT molecular complexity index is 648. The first kappa shape index (κ1) is 18.5. The molecule has 1 saturated carbocycles. The zero-order valence-corrected chi connectivity index (χ0v) is 16.3. The van der Waals surface area contributed by atoms with Crippen molar-refractivity contribution in [1.29, 1.82) is 0 Å². The van der Waals surface area contributed by atoms with Crippen LogP contribution in [-0.4, -0.2) is 65.8 Å². The number of piperidine rings is 2. The monoisotopic (exact) mass is 373 g/mol. The summed E-state index contributed by atoms with van der Waals surface area (Å²) >= 11 is 0. The first-order chi connectivity index (χ1) is 13.1. The van der Waals surface area contributed by atoms with Crippen LogP contribution in [0.3, 0.4) is 0 Å².